The third-order valence-electron chi connectivity index (χ3n) is 2.68. The van der Waals surface area contributed by atoms with Gasteiger partial charge in [-0.05, 0) is 18.7 Å². The molecule has 4 nitrogen and oxygen atoms in total. The maximum atomic E-state index is 12.9. The maximum absolute atomic E-state index is 12.9. The van der Waals surface area contributed by atoms with Gasteiger partial charge in [0, 0.05) is 12.7 Å². The summed E-state index contributed by atoms with van der Waals surface area (Å²) < 4.78 is 38.7. The fourth-order valence-electron chi connectivity index (χ4n) is 1.76. The van der Waals surface area contributed by atoms with Crippen LogP contribution in [0.2, 0.25) is 0 Å². The van der Waals surface area contributed by atoms with Crippen LogP contribution < -0.4 is 0 Å². The van der Waals surface area contributed by atoms with Crippen molar-refractivity contribution in [2.24, 2.45) is 0 Å². The molecular weight excluding hydrogens is 261 g/mol. The van der Waals surface area contributed by atoms with Crippen LogP contribution in [-0.4, -0.2) is 39.7 Å². The van der Waals surface area contributed by atoms with E-state index in [0.717, 1.165) is 4.90 Å². The average molecular weight is 276 g/mol. The number of rotatable bonds is 6. The van der Waals surface area contributed by atoms with Crippen molar-refractivity contribution in [3.63, 3.8) is 0 Å². The molecule has 19 heavy (non-hydrogen) atoms. The Balaban J connectivity index is 2.87. The van der Waals surface area contributed by atoms with Gasteiger partial charge >= 0.3 is 12.1 Å². The summed E-state index contributed by atoms with van der Waals surface area (Å²) in [5, 5.41) is 8.62. The Kier molecular flexibility index (Phi) is 5.29. The largest absolute Gasteiger partial charge is 0.481 e. The van der Waals surface area contributed by atoms with Crippen molar-refractivity contribution >= 4 is 5.97 Å². The molecule has 1 N–H and O–H groups in total. The third kappa shape index (κ3) is 4.86. The zero-order valence-electron chi connectivity index (χ0n) is 10.4. The van der Waals surface area contributed by atoms with E-state index < -0.39 is 24.6 Å². The fourth-order valence-corrected chi connectivity index (χ4v) is 1.76. The summed E-state index contributed by atoms with van der Waals surface area (Å²) in [7, 11) is 0. The number of halogens is 3. The predicted octanol–water partition coefficient (Wildman–Crippen LogP) is 2.31. The lowest BCUT2D eigenvalue weighted by molar-refractivity contribution is -0.191. The van der Waals surface area contributed by atoms with Gasteiger partial charge in [-0.1, -0.05) is 13.0 Å². The second-order valence-corrected chi connectivity index (χ2v) is 4.04. The molecule has 1 heterocycles. The molecule has 0 aliphatic heterocycles. The van der Waals surface area contributed by atoms with Gasteiger partial charge in [-0.15, -0.1) is 0 Å². The number of carboxylic acids is 1. The number of aliphatic carboxylic acids is 1. The van der Waals surface area contributed by atoms with Crippen LogP contribution in [0.1, 0.15) is 19.0 Å². The first kappa shape index (κ1) is 15.4. The van der Waals surface area contributed by atoms with Gasteiger partial charge in [0.05, 0.1) is 12.1 Å². The van der Waals surface area contributed by atoms with E-state index in [-0.39, 0.29) is 13.1 Å². The molecule has 1 aromatic rings. The Morgan fingerprint density at radius 1 is 1.47 bits per heavy atom. The molecule has 0 spiro atoms. The Morgan fingerprint density at radius 2 is 2.16 bits per heavy atom. The number of nitrogens with zero attached hydrogens (tertiary/aromatic N) is 2. The molecular formula is C12H15F3N2O2. The molecule has 0 radical (unpaired) electrons. The van der Waals surface area contributed by atoms with Crippen LogP contribution in [0.4, 0.5) is 13.2 Å². The highest BCUT2D eigenvalue weighted by molar-refractivity contribution is 5.67. The molecule has 0 aromatic carbocycles. The molecule has 0 saturated heterocycles. The molecule has 0 aliphatic rings. The minimum Gasteiger partial charge on any atom is -0.481 e. The summed E-state index contributed by atoms with van der Waals surface area (Å²) in [5.74, 6) is -1.47. The zero-order valence-corrected chi connectivity index (χ0v) is 10.4. The van der Waals surface area contributed by atoms with Gasteiger partial charge in [0.25, 0.3) is 0 Å². The predicted molar refractivity (Wildman–Crippen MR) is 62.4 cm³/mol. The van der Waals surface area contributed by atoms with Crippen molar-refractivity contribution in [2.75, 3.05) is 6.54 Å². The first-order valence-electron chi connectivity index (χ1n) is 5.77. The van der Waals surface area contributed by atoms with Crippen molar-refractivity contribution in [3.05, 3.63) is 30.1 Å². The zero-order chi connectivity index (χ0) is 14.5. The Bertz CT molecular complexity index is 409. The minimum atomic E-state index is -4.58. The van der Waals surface area contributed by atoms with E-state index in [1.165, 1.54) is 6.20 Å². The normalized spacial score (nSPS) is 13.5. The van der Waals surface area contributed by atoms with Crippen molar-refractivity contribution in [3.8, 4) is 0 Å². The summed E-state index contributed by atoms with van der Waals surface area (Å²) in [6.45, 7) is 1.62. The lowest BCUT2D eigenvalue weighted by Gasteiger charge is -2.30. The third-order valence-corrected chi connectivity index (χ3v) is 2.68. The van der Waals surface area contributed by atoms with Crippen LogP contribution in [-0.2, 0) is 11.3 Å². The highest BCUT2D eigenvalue weighted by Crippen LogP contribution is 2.28. The van der Waals surface area contributed by atoms with E-state index in [1.54, 1.807) is 25.1 Å². The van der Waals surface area contributed by atoms with Crippen LogP contribution in [0.5, 0.6) is 0 Å². The first-order valence-corrected chi connectivity index (χ1v) is 5.77. The van der Waals surface area contributed by atoms with E-state index >= 15 is 0 Å². The number of carboxylic acid groups (broad SMARTS) is 1. The lowest BCUT2D eigenvalue weighted by atomic mass is 10.1. The number of carbonyl (C=O) groups is 1. The van der Waals surface area contributed by atoms with Gasteiger partial charge < -0.3 is 5.11 Å². The quantitative estimate of drug-likeness (QED) is 0.866. The number of aromatic nitrogens is 1. The topological polar surface area (TPSA) is 53.4 Å². The second kappa shape index (κ2) is 6.51. The van der Waals surface area contributed by atoms with Gasteiger partial charge in [0.15, 0.2) is 0 Å². The van der Waals surface area contributed by atoms with E-state index in [0.29, 0.717) is 5.69 Å². The molecule has 0 saturated carbocycles. The molecule has 7 heteroatoms. The minimum absolute atomic E-state index is 0.0329. The van der Waals surface area contributed by atoms with Gasteiger partial charge in [-0.25, -0.2) is 0 Å². The molecule has 1 aromatic heterocycles. The van der Waals surface area contributed by atoms with Crippen LogP contribution in [0, 0.1) is 0 Å². The van der Waals surface area contributed by atoms with Crippen LogP contribution in [0.15, 0.2) is 24.4 Å². The summed E-state index contributed by atoms with van der Waals surface area (Å²) in [5.41, 5.74) is 0.476. The summed E-state index contributed by atoms with van der Waals surface area (Å²) in [6, 6.07) is 2.95. The Hall–Kier alpha value is -1.63. The molecule has 0 aliphatic carbocycles. The number of alkyl halides is 3. The highest BCUT2D eigenvalue weighted by Gasteiger charge is 2.44. The van der Waals surface area contributed by atoms with Crippen LogP contribution in [0.25, 0.3) is 0 Å². The van der Waals surface area contributed by atoms with Gasteiger partial charge in [-0.2, -0.15) is 13.2 Å². The summed E-state index contributed by atoms with van der Waals surface area (Å²) in [6.07, 6.45) is -4.06. The Labute approximate surface area is 108 Å². The van der Waals surface area contributed by atoms with E-state index in [2.05, 4.69) is 4.98 Å². The summed E-state index contributed by atoms with van der Waals surface area (Å²) in [4.78, 5) is 15.6. The van der Waals surface area contributed by atoms with Crippen LogP contribution in [0.3, 0.4) is 0 Å². The van der Waals surface area contributed by atoms with Gasteiger partial charge in [-0.3, -0.25) is 14.7 Å². The van der Waals surface area contributed by atoms with Crippen molar-refractivity contribution < 1.29 is 23.1 Å². The molecule has 1 unspecified atom stereocenters. The Morgan fingerprint density at radius 3 is 2.58 bits per heavy atom. The van der Waals surface area contributed by atoms with Gasteiger partial charge in [0.1, 0.15) is 6.04 Å². The average Bonchev–Trinajstić information content (AvgIpc) is 2.33. The first-order chi connectivity index (χ1) is 8.84. The summed E-state index contributed by atoms with van der Waals surface area (Å²) >= 11 is 0. The van der Waals surface area contributed by atoms with E-state index in [4.69, 9.17) is 5.11 Å². The molecule has 1 atom stereocenters. The number of hydrogen-bond donors (Lipinski definition) is 1. The van der Waals surface area contributed by atoms with Crippen molar-refractivity contribution in [2.45, 2.75) is 32.1 Å². The smallest absolute Gasteiger partial charge is 0.404 e. The van der Waals surface area contributed by atoms with Crippen molar-refractivity contribution in [1.82, 2.24) is 9.88 Å². The van der Waals surface area contributed by atoms with E-state index in [9.17, 15) is 18.0 Å². The lowest BCUT2D eigenvalue weighted by Crippen LogP contribution is -2.46. The standard InChI is InChI=1S/C12H15F3N2O2/c1-2-17(8-9-5-3-4-6-16-9)10(7-11(18)19)12(13,14)15/h3-6,10H,2,7-8H2,1H3,(H,18,19). The number of hydrogen-bond acceptors (Lipinski definition) is 3. The van der Waals surface area contributed by atoms with Crippen molar-refractivity contribution in [1.29, 1.82) is 0 Å². The number of pyridine rings is 1. The van der Waals surface area contributed by atoms with Gasteiger partial charge in [0.2, 0.25) is 0 Å². The maximum Gasteiger partial charge on any atom is 0.404 e. The fraction of sp³-hybridized carbons (Fsp3) is 0.500. The highest BCUT2D eigenvalue weighted by atomic mass is 19.4. The monoisotopic (exact) mass is 276 g/mol. The van der Waals surface area contributed by atoms with Crippen LogP contribution >= 0.6 is 0 Å². The molecule has 0 bridgehead atoms. The SMILES string of the molecule is CCN(Cc1ccccn1)C(CC(=O)O)C(F)(F)F. The second-order valence-electron chi connectivity index (χ2n) is 4.04. The molecule has 1 rings (SSSR count). The molecule has 0 amide bonds. The molecule has 106 valence electrons. The van der Waals surface area contributed by atoms with E-state index in [1.807, 2.05) is 0 Å². The molecule has 0 fully saturated rings.